The van der Waals surface area contributed by atoms with Crippen molar-refractivity contribution in [3.05, 3.63) is 35.9 Å². The van der Waals surface area contributed by atoms with Crippen LogP contribution in [0.5, 0.6) is 0 Å². The lowest BCUT2D eigenvalue weighted by Crippen LogP contribution is -2.42. The zero-order chi connectivity index (χ0) is 18.7. The van der Waals surface area contributed by atoms with Crippen molar-refractivity contribution in [2.45, 2.75) is 24.1 Å². The number of nitrogens with zero attached hydrogens (tertiary/aromatic N) is 3. The molecule has 26 heavy (non-hydrogen) atoms. The maximum absolute atomic E-state index is 12.8. The van der Waals surface area contributed by atoms with Crippen LogP contribution in [0, 0.1) is 5.92 Å². The van der Waals surface area contributed by atoms with Gasteiger partial charge in [0.05, 0.1) is 0 Å². The summed E-state index contributed by atoms with van der Waals surface area (Å²) in [6.45, 7) is 1.75. The van der Waals surface area contributed by atoms with Crippen LogP contribution in [0.3, 0.4) is 0 Å². The minimum absolute atomic E-state index is 0.0540. The molecule has 1 unspecified atom stereocenters. The highest BCUT2D eigenvalue weighted by molar-refractivity contribution is 7.91. The molecule has 1 N–H and O–H groups in total. The third kappa shape index (κ3) is 3.97. The van der Waals surface area contributed by atoms with Gasteiger partial charge in [-0.3, -0.25) is 9.59 Å². The number of carbonyl (C=O) groups excluding carboxylic acids is 2. The van der Waals surface area contributed by atoms with Gasteiger partial charge in [-0.15, -0.1) is 10.2 Å². The number of ketones is 1. The molecule has 0 saturated carbocycles. The van der Waals surface area contributed by atoms with Gasteiger partial charge in [-0.25, -0.2) is 8.42 Å². The molecule has 1 fully saturated rings. The quantitative estimate of drug-likeness (QED) is 0.611. The molecule has 1 aliphatic heterocycles. The maximum Gasteiger partial charge on any atom is 0.272 e. The van der Waals surface area contributed by atoms with E-state index in [2.05, 4.69) is 15.5 Å². The molecule has 1 atom stereocenters. The number of hydrogen-bond donors (Lipinski definition) is 1. The Bertz CT molecular complexity index is 911. The van der Waals surface area contributed by atoms with Crippen molar-refractivity contribution >= 4 is 38.2 Å². The zero-order valence-electron chi connectivity index (χ0n) is 14.1. The first-order valence-corrected chi connectivity index (χ1v) is 10.3. The third-order valence-corrected chi connectivity index (χ3v) is 7.11. The Kier molecular flexibility index (Phi) is 5.44. The van der Waals surface area contributed by atoms with E-state index in [4.69, 9.17) is 0 Å². The minimum atomic E-state index is -3.85. The van der Waals surface area contributed by atoms with E-state index in [1.54, 1.807) is 24.3 Å². The van der Waals surface area contributed by atoms with Crippen molar-refractivity contribution in [1.82, 2.24) is 14.5 Å². The molecule has 1 aliphatic rings. The molecule has 1 aromatic heterocycles. The van der Waals surface area contributed by atoms with E-state index in [0.29, 0.717) is 24.9 Å². The van der Waals surface area contributed by atoms with E-state index in [1.807, 2.05) is 6.07 Å². The Morgan fingerprint density at radius 2 is 1.96 bits per heavy atom. The lowest BCUT2D eigenvalue weighted by molar-refractivity contribution is -0.114. The van der Waals surface area contributed by atoms with Crippen LogP contribution in [0.4, 0.5) is 5.13 Å². The summed E-state index contributed by atoms with van der Waals surface area (Å²) in [5.41, 5.74) is 0.584. The van der Waals surface area contributed by atoms with Gasteiger partial charge in [0.2, 0.25) is 15.4 Å². The number of piperidine rings is 1. The molecule has 0 radical (unpaired) electrons. The summed E-state index contributed by atoms with van der Waals surface area (Å²) in [6.07, 6.45) is 1.24. The molecule has 0 spiro atoms. The number of hydrogen-bond acceptors (Lipinski definition) is 7. The van der Waals surface area contributed by atoms with Crippen LogP contribution in [0.2, 0.25) is 0 Å². The highest BCUT2D eigenvalue weighted by atomic mass is 32.2. The van der Waals surface area contributed by atoms with Gasteiger partial charge in [0, 0.05) is 31.5 Å². The Labute approximate surface area is 155 Å². The smallest absolute Gasteiger partial charge is 0.272 e. The summed E-state index contributed by atoms with van der Waals surface area (Å²) in [6, 6.07) is 8.88. The molecule has 3 rings (SSSR count). The maximum atomic E-state index is 12.8. The Morgan fingerprint density at radius 3 is 2.65 bits per heavy atom. The molecular formula is C16H18N4O4S2. The average molecular weight is 394 g/mol. The summed E-state index contributed by atoms with van der Waals surface area (Å²) in [7, 11) is -3.85. The van der Waals surface area contributed by atoms with Crippen molar-refractivity contribution in [3.63, 3.8) is 0 Å². The fraction of sp³-hybridized carbons (Fsp3) is 0.375. The lowest BCUT2D eigenvalue weighted by Gasteiger charge is -2.30. The van der Waals surface area contributed by atoms with Gasteiger partial charge >= 0.3 is 0 Å². The van der Waals surface area contributed by atoms with Gasteiger partial charge in [0.25, 0.3) is 10.0 Å². The first-order chi connectivity index (χ1) is 12.4. The van der Waals surface area contributed by atoms with Crippen LogP contribution < -0.4 is 5.32 Å². The number of rotatable bonds is 5. The van der Waals surface area contributed by atoms with Crippen LogP contribution in [0.15, 0.2) is 34.7 Å². The summed E-state index contributed by atoms with van der Waals surface area (Å²) < 4.78 is 26.7. The second-order valence-corrected chi connectivity index (χ2v) is 9.08. The van der Waals surface area contributed by atoms with Crippen LogP contribution in [0.1, 0.15) is 30.1 Å². The molecule has 2 aromatic rings. The van der Waals surface area contributed by atoms with Crippen molar-refractivity contribution in [2.75, 3.05) is 18.4 Å². The van der Waals surface area contributed by atoms with Crippen LogP contribution in [-0.2, 0) is 14.8 Å². The predicted molar refractivity (Wildman–Crippen MR) is 96.5 cm³/mol. The first-order valence-electron chi connectivity index (χ1n) is 8.08. The number of amides is 1. The highest BCUT2D eigenvalue weighted by Crippen LogP contribution is 2.28. The highest BCUT2D eigenvalue weighted by Gasteiger charge is 2.35. The summed E-state index contributed by atoms with van der Waals surface area (Å²) in [5.74, 6) is -0.790. The predicted octanol–water partition coefficient (Wildman–Crippen LogP) is 1.78. The fourth-order valence-electron chi connectivity index (χ4n) is 2.84. The molecule has 138 valence electrons. The van der Waals surface area contributed by atoms with Gasteiger partial charge in [0.1, 0.15) is 0 Å². The second kappa shape index (κ2) is 7.60. The Balaban J connectivity index is 1.77. The summed E-state index contributed by atoms with van der Waals surface area (Å²) in [4.78, 5) is 23.7. The third-order valence-electron chi connectivity index (χ3n) is 4.06. The standard InChI is InChI=1S/C16H18N4O4S2/c1-11(21)17-15-18-19-16(25-15)26(23,24)20-9-5-8-13(10-20)14(22)12-6-3-2-4-7-12/h2-4,6-7,13H,5,8-10H2,1H3,(H,17,18,21). The zero-order valence-corrected chi connectivity index (χ0v) is 15.7. The van der Waals surface area contributed by atoms with Gasteiger partial charge in [-0.05, 0) is 12.8 Å². The molecule has 0 aliphatic carbocycles. The van der Waals surface area contributed by atoms with Gasteiger partial charge < -0.3 is 5.32 Å². The van der Waals surface area contributed by atoms with Gasteiger partial charge in [-0.2, -0.15) is 4.31 Å². The number of anilines is 1. The molecule has 10 heteroatoms. The molecular weight excluding hydrogens is 376 g/mol. The van der Waals surface area contributed by atoms with Crippen LogP contribution in [0.25, 0.3) is 0 Å². The molecule has 1 saturated heterocycles. The lowest BCUT2D eigenvalue weighted by atomic mass is 9.91. The van der Waals surface area contributed by atoms with E-state index in [-0.39, 0.29) is 33.6 Å². The van der Waals surface area contributed by atoms with E-state index in [0.717, 1.165) is 11.3 Å². The number of sulfonamides is 1. The molecule has 8 nitrogen and oxygen atoms in total. The van der Waals surface area contributed by atoms with E-state index in [1.165, 1.54) is 11.2 Å². The Hall–Kier alpha value is -2.17. The summed E-state index contributed by atoms with van der Waals surface area (Å²) >= 11 is 0.799. The number of aromatic nitrogens is 2. The summed E-state index contributed by atoms with van der Waals surface area (Å²) in [5, 5.41) is 9.91. The monoisotopic (exact) mass is 394 g/mol. The SMILES string of the molecule is CC(=O)Nc1nnc(S(=O)(=O)N2CCCC(C(=O)c3ccccc3)C2)s1. The number of Topliss-reactive ketones (excluding diaryl/α,β-unsaturated/α-hetero) is 1. The van der Waals surface area contributed by atoms with Gasteiger partial charge in [0.15, 0.2) is 5.78 Å². The fourth-order valence-corrected chi connectivity index (χ4v) is 5.45. The molecule has 1 aromatic carbocycles. The van der Waals surface area contributed by atoms with E-state index in [9.17, 15) is 18.0 Å². The second-order valence-electron chi connectivity index (χ2n) is 5.99. The number of benzene rings is 1. The molecule has 0 bridgehead atoms. The van der Waals surface area contributed by atoms with Crippen LogP contribution in [-0.4, -0.2) is 47.7 Å². The Morgan fingerprint density at radius 1 is 1.23 bits per heavy atom. The van der Waals surface area contributed by atoms with Gasteiger partial charge in [-0.1, -0.05) is 41.7 Å². The topological polar surface area (TPSA) is 109 Å². The van der Waals surface area contributed by atoms with Crippen LogP contribution >= 0.6 is 11.3 Å². The van der Waals surface area contributed by atoms with Crippen molar-refractivity contribution in [2.24, 2.45) is 5.92 Å². The van der Waals surface area contributed by atoms with Crippen molar-refractivity contribution < 1.29 is 18.0 Å². The largest absolute Gasteiger partial charge is 0.301 e. The number of carbonyl (C=O) groups is 2. The number of nitrogens with one attached hydrogen (secondary N) is 1. The van der Waals surface area contributed by atoms with E-state index < -0.39 is 10.0 Å². The normalized spacial score (nSPS) is 18.4. The minimum Gasteiger partial charge on any atom is -0.301 e. The average Bonchev–Trinajstić information content (AvgIpc) is 3.10. The first kappa shape index (κ1) is 18.6. The molecule has 2 heterocycles. The van der Waals surface area contributed by atoms with Crippen molar-refractivity contribution in [3.8, 4) is 0 Å². The van der Waals surface area contributed by atoms with Crippen molar-refractivity contribution in [1.29, 1.82) is 0 Å². The van der Waals surface area contributed by atoms with E-state index >= 15 is 0 Å². The molecule has 1 amide bonds.